The molecule has 0 bridgehead atoms. The predicted octanol–water partition coefficient (Wildman–Crippen LogP) is 0.447. The number of nitrogens with one attached hydrogen (secondary N) is 1. The highest BCUT2D eigenvalue weighted by molar-refractivity contribution is 8.00. The predicted molar refractivity (Wildman–Crippen MR) is 80.6 cm³/mol. The molecule has 20 heavy (non-hydrogen) atoms. The van der Waals surface area contributed by atoms with Crippen LogP contribution in [0.5, 0.6) is 5.75 Å². The second kappa shape index (κ2) is 8.13. The van der Waals surface area contributed by atoms with Crippen LogP contribution < -0.4 is 16.0 Å². The molecule has 0 aliphatic heterocycles. The Morgan fingerprint density at radius 2 is 2.05 bits per heavy atom. The minimum atomic E-state index is -2.91. The summed E-state index contributed by atoms with van der Waals surface area (Å²) in [5.41, 5.74) is 2.43. The van der Waals surface area contributed by atoms with E-state index in [4.69, 9.17) is 10.6 Å². The number of benzene rings is 1. The average Bonchev–Trinajstić information content (AvgIpc) is 2.41. The van der Waals surface area contributed by atoms with Crippen LogP contribution in [0, 0.1) is 0 Å². The van der Waals surface area contributed by atoms with Gasteiger partial charge in [-0.05, 0) is 12.1 Å². The van der Waals surface area contributed by atoms with Crippen molar-refractivity contribution in [3.05, 3.63) is 29.8 Å². The number of carbonyl (C=O) groups is 1. The van der Waals surface area contributed by atoms with E-state index in [0.29, 0.717) is 29.4 Å². The average molecular weight is 318 g/mol. The van der Waals surface area contributed by atoms with Crippen molar-refractivity contribution in [2.75, 3.05) is 30.1 Å². The van der Waals surface area contributed by atoms with Crippen molar-refractivity contribution in [3.63, 3.8) is 0 Å². The Labute approximate surface area is 123 Å². The summed E-state index contributed by atoms with van der Waals surface area (Å²) in [7, 11) is -2.91. The lowest BCUT2D eigenvalue weighted by Gasteiger charge is -2.10. The lowest BCUT2D eigenvalue weighted by atomic mass is 10.2. The van der Waals surface area contributed by atoms with Crippen molar-refractivity contribution in [1.29, 1.82) is 0 Å². The molecular formula is C12H18N2O4S2. The van der Waals surface area contributed by atoms with Gasteiger partial charge in [0.2, 0.25) is 0 Å². The van der Waals surface area contributed by atoms with Crippen molar-refractivity contribution in [2.24, 2.45) is 5.84 Å². The lowest BCUT2D eigenvalue weighted by molar-refractivity contribution is 0.0950. The molecule has 6 nitrogen and oxygen atoms in total. The van der Waals surface area contributed by atoms with E-state index in [0.717, 1.165) is 0 Å². The monoisotopic (exact) mass is 318 g/mol. The number of hydrazine groups is 1. The quantitative estimate of drug-likeness (QED) is 0.312. The molecule has 1 rings (SSSR count). The third-order valence-corrected chi connectivity index (χ3v) is 4.50. The van der Waals surface area contributed by atoms with Crippen LogP contribution in [0.3, 0.4) is 0 Å². The minimum absolute atomic E-state index is 0.157. The summed E-state index contributed by atoms with van der Waals surface area (Å²) in [6.45, 7) is 0.392. The third kappa shape index (κ3) is 6.27. The molecule has 0 radical (unpaired) electrons. The third-order valence-electron chi connectivity index (χ3n) is 2.35. The fourth-order valence-corrected chi connectivity index (χ4v) is 3.47. The summed E-state index contributed by atoms with van der Waals surface area (Å²) in [6, 6.07) is 6.79. The number of rotatable bonds is 8. The highest BCUT2D eigenvalue weighted by atomic mass is 32.2. The topological polar surface area (TPSA) is 98.5 Å². The summed E-state index contributed by atoms with van der Waals surface area (Å²) in [6.07, 6.45) is 1.21. The van der Waals surface area contributed by atoms with Crippen molar-refractivity contribution in [1.82, 2.24) is 5.43 Å². The Morgan fingerprint density at radius 3 is 2.70 bits per heavy atom. The van der Waals surface area contributed by atoms with Crippen LogP contribution in [0.15, 0.2) is 24.3 Å². The Morgan fingerprint density at radius 1 is 1.35 bits per heavy atom. The Balaban J connectivity index is 2.37. The zero-order chi connectivity index (χ0) is 15.0. The van der Waals surface area contributed by atoms with Crippen LogP contribution in [0.4, 0.5) is 0 Å². The van der Waals surface area contributed by atoms with Gasteiger partial charge in [-0.3, -0.25) is 10.2 Å². The Bertz CT molecular complexity index is 546. The van der Waals surface area contributed by atoms with Gasteiger partial charge >= 0.3 is 0 Å². The van der Waals surface area contributed by atoms with Crippen molar-refractivity contribution < 1.29 is 17.9 Å². The molecule has 0 spiro atoms. The smallest absolute Gasteiger partial charge is 0.268 e. The van der Waals surface area contributed by atoms with Gasteiger partial charge in [-0.15, -0.1) is 0 Å². The van der Waals surface area contributed by atoms with E-state index < -0.39 is 15.7 Å². The van der Waals surface area contributed by atoms with E-state index in [9.17, 15) is 13.2 Å². The van der Waals surface area contributed by atoms with Crippen LogP contribution in [0.1, 0.15) is 10.4 Å². The summed E-state index contributed by atoms with van der Waals surface area (Å²) >= 11 is 1.49. The van der Waals surface area contributed by atoms with Crippen LogP contribution in [-0.2, 0) is 9.84 Å². The number of thioether (sulfide) groups is 1. The van der Waals surface area contributed by atoms with Gasteiger partial charge in [0.1, 0.15) is 15.6 Å². The molecule has 112 valence electrons. The molecule has 0 saturated heterocycles. The Hall–Kier alpha value is -1.25. The maximum absolute atomic E-state index is 11.5. The van der Waals surface area contributed by atoms with Gasteiger partial charge in [-0.1, -0.05) is 12.1 Å². The first-order chi connectivity index (χ1) is 9.44. The van der Waals surface area contributed by atoms with Crippen LogP contribution in [-0.4, -0.2) is 44.4 Å². The number of nitrogen functional groups attached to an aromatic ring is 1. The minimum Gasteiger partial charge on any atom is -0.492 e. The fraction of sp³-hybridized carbons (Fsp3) is 0.417. The molecule has 0 heterocycles. The van der Waals surface area contributed by atoms with Crippen LogP contribution in [0.25, 0.3) is 0 Å². The van der Waals surface area contributed by atoms with Crippen molar-refractivity contribution in [2.45, 2.75) is 0 Å². The van der Waals surface area contributed by atoms with Crippen molar-refractivity contribution >= 4 is 27.5 Å². The first kappa shape index (κ1) is 16.8. The molecule has 0 unspecified atom stereocenters. The summed E-state index contributed by atoms with van der Waals surface area (Å²) in [4.78, 5) is 11.5. The van der Waals surface area contributed by atoms with E-state index in [2.05, 4.69) is 5.43 Å². The van der Waals surface area contributed by atoms with Gasteiger partial charge in [0.05, 0.1) is 17.9 Å². The zero-order valence-electron chi connectivity index (χ0n) is 11.2. The number of ether oxygens (including phenoxy) is 1. The van der Waals surface area contributed by atoms with Gasteiger partial charge in [-0.2, -0.15) is 11.8 Å². The largest absolute Gasteiger partial charge is 0.492 e. The maximum atomic E-state index is 11.5. The number of nitrogens with two attached hydrogens (primary N) is 1. The van der Waals surface area contributed by atoms with Gasteiger partial charge in [0.25, 0.3) is 5.91 Å². The standard InChI is InChI=1S/C12H18N2O4S2/c1-20(16,17)9-8-19-7-6-18-11-5-3-2-4-10(11)12(15)14-13/h2-5H,6-9,13H2,1H3,(H,14,15). The van der Waals surface area contributed by atoms with E-state index in [1.165, 1.54) is 18.0 Å². The first-order valence-electron chi connectivity index (χ1n) is 5.92. The number of sulfone groups is 1. The molecule has 0 atom stereocenters. The number of para-hydroxylation sites is 1. The second-order valence-electron chi connectivity index (χ2n) is 4.06. The molecule has 1 aromatic rings. The van der Waals surface area contributed by atoms with E-state index >= 15 is 0 Å². The molecule has 3 N–H and O–H groups in total. The molecule has 8 heteroatoms. The normalized spacial score (nSPS) is 11.1. The Kier molecular flexibility index (Phi) is 6.83. The lowest BCUT2D eigenvalue weighted by Crippen LogP contribution is -2.30. The van der Waals surface area contributed by atoms with E-state index in [1.54, 1.807) is 24.3 Å². The summed E-state index contributed by atoms with van der Waals surface area (Å²) in [5.74, 6) is 6.48. The highest BCUT2D eigenvalue weighted by Gasteiger charge is 2.10. The summed E-state index contributed by atoms with van der Waals surface area (Å²) < 4.78 is 27.4. The fourth-order valence-electron chi connectivity index (χ4n) is 1.38. The van der Waals surface area contributed by atoms with E-state index in [-0.39, 0.29) is 5.75 Å². The molecule has 1 aromatic carbocycles. The highest BCUT2D eigenvalue weighted by Crippen LogP contribution is 2.17. The number of hydrogen-bond acceptors (Lipinski definition) is 6. The maximum Gasteiger partial charge on any atom is 0.268 e. The molecular weight excluding hydrogens is 300 g/mol. The van der Waals surface area contributed by atoms with Gasteiger partial charge in [-0.25, -0.2) is 14.3 Å². The van der Waals surface area contributed by atoms with Gasteiger partial charge in [0.15, 0.2) is 0 Å². The second-order valence-corrected chi connectivity index (χ2v) is 7.54. The SMILES string of the molecule is CS(=O)(=O)CCSCCOc1ccccc1C(=O)NN. The number of hydrogen-bond donors (Lipinski definition) is 2. The number of amides is 1. The van der Waals surface area contributed by atoms with Crippen LogP contribution in [0.2, 0.25) is 0 Å². The summed E-state index contributed by atoms with van der Waals surface area (Å²) in [5, 5.41) is 0. The first-order valence-corrected chi connectivity index (χ1v) is 9.14. The molecule has 0 fully saturated rings. The van der Waals surface area contributed by atoms with Crippen molar-refractivity contribution in [3.8, 4) is 5.75 Å². The van der Waals surface area contributed by atoms with Crippen LogP contribution >= 0.6 is 11.8 Å². The molecule has 0 aliphatic rings. The molecule has 1 amide bonds. The van der Waals surface area contributed by atoms with E-state index in [1.807, 2.05) is 0 Å². The molecule has 0 saturated carbocycles. The van der Waals surface area contributed by atoms with Gasteiger partial charge in [0, 0.05) is 17.8 Å². The van der Waals surface area contributed by atoms with Gasteiger partial charge < -0.3 is 4.74 Å². The molecule has 0 aliphatic carbocycles. The molecule has 0 aromatic heterocycles. The number of carbonyl (C=O) groups excluding carboxylic acids is 1. The zero-order valence-corrected chi connectivity index (χ0v) is 12.8.